The van der Waals surface area contributed by atoms with Crippen molar-refractivity contribution in [1.29, 1.82) is 0 Å². The van der Waals surface area contributed by atoms with Crippen LogP contribution >= 0.6 is 0 Å². The Morgan fingerprint density at radius 2 is 1.86 bits per heavy atom. The Morgan fingerprint density at radius 3 is 2.43 bits per heavy atom. The predicted octanol–water partition coefficient (Wildman–Crippen LogP) is -0.924. The lowest BCUT2D eigenvalue weighted by atomic mass is 10.2. The van der Waals surface area contributed by atoms with Crippen molar-refractivity contribution in [3.05, 3.63) is 0 Å². The standard InChI is InChI=1S/C9H14N2O3/c1-2-10-3-4-11(5-7-6-14-7)9(13)8(10)12/h7H,2-6H2,1H3/t7-/m1/s1. The largest absolute Gasteiger partial charge is 0.371 e. The molecule has 0 aliphatic carbocycles. The highest BCUT2D eigenvalue weighted by Crippen LogP contribution is 2.13. The lowest BCUT2D eigenvalue weighted by Gasteiger charge is -2.32. The van der Waals surface area contributed by atoms with Gasteiger partial charge in [0, 0.05) is 26.2 Å². The van der Waals surface area contributed by atoms with Gasteiger partial charge in [-0.25, -0.2) is 0 Å². The van der Waals surface area contributed by atoms with Crippen molar-refractivity contribution in [3.8, 4) is 0 Å². The number of carbonyl (C=O) groups is 2. The van der Waals surface area contributed by atoms with E-state index < -0.39 is 0 Å². The van der Waals surface area contributed by atoms with Crippen LogP contribution in [0.25, 0.3) is 0 Å². The number of hydrogen-bond acceptors (Lipinski definition) is 3. The molecule has 14 heavy (non-hydrogen) atoms. The molecular weight excluding hydrogens is 184 g/mol. The third-order valence-electron chi connectivity index (χ3n) is 2.61. The van der Waals surface area contributed by atoms with Crippen molar-refractivity contribution in [2.24, 2.45) is 0 Å². The molecule has 2 rings (SSSR count). The van der Waals surface area contributed by atoms with E-state index in [1.807, 2.05) is 6.92 Å². The first kappa shape index (κ1) is 9.45. The van der Waals surface area contributed by atoms with Gasteiger partial charge in [-0.05, 0) is 6.92 Å². The summed E-state index contributed by atoms with van der Waals surface area (Å²) in [6.07, 6.45) is 0.167. The zero-order chi connectivity index (χ0) is 10.1. The Kier molecular flexibility index (Phi) is 2.41. The third-order valence-corrected chi connectivity index (χ3v) is 2.61. The van der Waals surface area contributed by atoms with E-state index in [0.29, 0.717) is 26.2 Å². The van der Waals surface area contributed by atoms with E-state index in [4.69, 9.17) is 4.74 Å². The number of rotatable bonds is 3. The van der Waals surface area contributed by atoms with Crippen LogP contribution in [-0.4, -0.2) is 60.5 Å². The van der Waals surface area contributed by atoms with Crippen LogP contribution in [0.15, 0.2) is 0 Å². The molecule has 2 saturated heterocycles. The Balaban J connectivity index is 1.95. The van der Waals surface area contributed by atoms with Gasteiger partial charge in [0.05, 0.1) is 12.7 Å². The molecule has 2 aliphatic rings. The van der Waals surface area contributed by atoms with Crippen LogP contribution in [0.2, 0.25) is 0 Å². The van der Waals surface area contributed by atoms with Gasteiger partial charge >= 0.3 is 11.8 Å². The minimum Gasteiger partial charge on any atom is -0.371 e. The van der Waals surface area contributed by atoms with Gasteiger partial charge in [-0.3, -0.25) is 9.59 Å². The number of amides is 2. The van der Waals surface area contributed by atoms with Gasteiger partial charge in [0.1, 0.15) is 0 Å². The molecule has 0 radical (unpaired) electrons. The first-order chi connectivity index (χ1) is 6.72. The SMILES string of the molecule is CCN1CCN(C[C@@H]2CO2)C(=O)C1=O. The molecule has 0 saturated carbocycles. The van der Waals surface area contributed by atoms with Crippen LogP contribution in [0, 0.1) is 0 Å². The third kappa shape index (κ3) is 1.72. The summed E-state index contributed by atoms with van der Waals surface area (Å²) in [5.41, 5.74) is 0. The molecule has 0 aromatic carbocycles. The fourth-order valence-corrected chi connectivity index (χ4v) is 1.61. The number of epoxide rings is 1. The maximum absolute atomic E-state index is 11.5. The van der Waals surface area contributed by atoms with Gasteiger partial charge in [0.25, 0.3) is 0 Å². The van der Waals surface area contributed by atoms with Gasteiger partial charge in [-0.1, -0.05) is 0 Å². The number of carbonyl (C=O) groups excluding carboxylic acids is 2. The number of piperazine rings is 1. The van der Waals surface area contributed by atoms with E-state index in [9.17, 15) is 9.59 Å². The highest BCUT2D eigenvalue weighted by Gasteiger charge is 2.35. The second-order valence-electron chi connectivity index (χ2n) is 3.59. The summed E-state index contributed by atoms with van der Waals surface area (Å²) in [5, 5.41) is 0. The lowest BCUT2D eigenvalue weighted by Crippen LogP contribution is -2.54. The van der Waals surface area contributed by atoms with Crippen molar-refractivity contribution in [2.75, 3.05) is 32.8 Å². The minimum absolute atomic E-state index is 0.167. The second kappa shape index (κ2) is 3.57. The van der Waals surface area contributed by atoms with E-state index >= 15 is 0 Å². The zero-order valence-corrected chi connectivity index (χ0v) is 8.23. The first-order valence-corrected chi connectivity index (χ1v) is 4.92. The summed E-state index contributed by atoms with van der Waals surface area (Å²) in [6, 6.07) is 0. The number of nitrogens with zero attached hydrogens (tertiary/aromatic N) is 2. The van der Waals surface area contributed by atoms with Crippen LogP contribution in [0.1, 0.15) is 6.92 Å². The molecule has 5 nitrogen and oxygen atoms in total. The highest BCUT2D eigenvalue weighted by molar-refractivity contribution is 6.35. The van der Waals surface area contributed by atoms with E-state index in [-0.39, 0.29) is 17.9 Å². The average Bonchev–Trinajstić information content (AvgIpc) is 2.97. The van der Waals surface area contributed by atoms with Crippen LogP contribution in [0.4, 0.5) is 0 Å². The molecule has 2 amide bonds. The summed E-state index contributed by atoms with van der Waals surface area (Å²) < 4.78 is 5.03. The average molecular weight is 198 g/mol. The second-order valence-corrected chi connectivity index (χ2v) is 3.59. The fraction of sp³-hybridized carbons (Fsp3) is 0.778. The Labute approximate surface area is 82.6 Å². The lowest BCUT2D eigenvalue weighted by molar-refractivity contribution is -0.155. The maximum Gasteiger partial charge on any atom is 0.312 e. The topological polar surface area (TPSA) is 53.1 Å². The van der Waals surface area contributed by atoms with Gasteiger partial charge in [-0.15, -0.1) is 0 Å². The summed E-state index contributed by atoms with van der Waals surface area (Å²) in [7, 11) is 0. The van der Waals surface area contributed by atoms with Crippen LogP contribution < -0.4 is 0 Å². The first-order valence-electron chi connectivity index (χ1n) is 4.92. The molecule has 0 aromatic heterocycles. The Bertz CT molecular complexity index is 263. The number of ether oxygens (including phenoxy) is 1. The van der Waals surface area contributed by atoms with Crippen LogP contribution in [-0.2, 0) is 14.3 Å². The quantitative estimate of drug-likeness (QED) is 0.435. The van der Waals surface area contributed by atoms with Gasteiger partial charge in [0.2, 0.25) is 0 Å². The smallest absolute Gasteiger partial charge is 0.312 e. The van der Waals surface area contributed by atoms with E-state index in [1.165, 1.54) is 0 Å². The fourth-order valence-electron chi connectivity index (χ4n) is 1.61. The van der Waals surface area contributed by atoms with Crippen LogP contribution in [0.5, 0.6) is 0 Å². The van der Waals surface area contributed by atoms with Crippen molar-refractivity contribution in [2.45, 2.75) is 13.0 Å². The number of likely N-dealkylation sites (N-methyl/N-ethyl adjacent to an activating group) is 1. The van der Waals surface area contributed by atoms with Crippen molar-refractivity contribution >= 4 is 11.8 Å². The minimum atomic E-state index is -0.381. The summed E-state index contributed by atoms with van der Waals surface area (Å²) in [4.78, 5) is 26.2. The molecule has 0 unspecified atom stereocenters. The van der Waals surface area contributed by atoms with Gasteiger partial charge in [0.15, 0.2) is 0 Å². The summed E-state index contributed by atoms with van der Waals surface area (Å²) in [5.74, 6) is -0.756. The summed E-state index contributed by atoms with van der Waals surface area (Å²) in [6.45, 7) is 5.06. The van der Waals surface area contributed by atoms with Gasteiger partial charge < -0.3 is 14.5 Å². The molecule has 2 fully saturated rings. The van der Waals surface area contributed by atoms with Crippen molar-refractivity contribution in [1.82, 2.24) is 9.80 Å². The Morgan fingerprint density at radius 1 is 1.29 bits per heavy atom. The monoisotopic (exact) mass is 198 g/mol. The van der Waals surface area contributed by atoms with E-state index in [2.05, 4.69) is 0 Å². The Hall–Kier alpha value is -1.10. The van der Waals surface area contributed by atoms with Gasteiger partial charge in [-0.2, -0.15) is 0 Å². The van der Waals surface area contributed by atoms with E-state index in [0.717, 1.165) is 6.61 Å². The molecule has 1 atom stereocenters. The molecule has 78 valence electrons. The maximum atomic E-state index is 11.5. The predicted molar refractivity (Wildman–Crippen MR) is 48.6 cm³/mol. The highest BCUT2D eigenvalue weighted by atomic mass is 16.6. The molecular formula is C9H14N2O3. The molecule has 2 heterocycles. The zero-order valence-electron chi connectivity index (χ0n) is 8.23. The normalized spacial score (nSPS) is 27.1. The molecule has 0 spiro atoms. The molecule has 0 bridgehead atoms. The summed E-state index contributed by atoms with van der Waals surface area (Å²) >= 11 is 0. The van der Waals surface area contributed by atoms with Crippen LogP contribution in [0.3, 0.4) is 0 Å². The van der Waals surface area contributed by atoms with Crippen molar-refractivity contribution < 1.29 is 14.3 Å². The van der Waals surface area contributed by atoms with E-state index in [1.54, 1.807) is 9.80 Å². The van der Waals surface area contributed by atoms with Crippen molar-refractivity contribution in [3.63, 3.8) is 0 Å². The molecule has 2 aliphatic heterocycles. The molecule has 0 aromatic rings. The molecule has 5 heteroatoms. The molecule has 0 N–H and O–H groups in total. The number of hydrogen-bond donors (Lipinski definition) is 0.